The Morgan fingerprint density at radius 3 is 2.79 bits per heavy atom. The zero-order chi connectivity index (χ0) is 10.6. The second-order valence-electron chi connectivity index (χ2n) is 2.75. The van der Waals surface area contributed by atoms with E-state index in [2.05, 4.69) is 6.07 Å². The van der Waals surface area contributed by atoms with E-state index in [1.165, 1.54) is 11.3 Å². The minimum atomic E-state index is 0.495. The van der Waals surface area contributed by atoms with Crippen LogP contribution in [0.25, 0.3) is 5.03 Å². The average molecular weight is 246 g/mol. The van der Waals surface area contributed by atoms with E-state index in [0.29, 0.717) is 22.0 Å². The number of nitrogens with zero attached hydrogens (tertiary/aromatic N) is 1. The van der Waals surface area contributed by atoms with Crippen molar-refractivity contribution in [3.05, 3.63) is 26.9 Å². The molecule has 0 aliphatic heterocycles. The Morgan fingerprint density at radius 2 is 2.36 bits per heavy atom. The molecular formula is C10H9Cl2NS. The van der Waals surface area contributed by atoms with Crippen LogP contribution in [0.1, 0.15) is 24.6 Å². The van der Waals surface area contributed by atoms with Gasteiger partial charge in [0.15, 0.2) is 0 Å². The number of thiophene rings is 1. The summed E-state index contributed by atoms with van der Waals surface area (Å²) < 4.78 is 0. The summed E-state index contributed by atoms with van der Waals surface area (Å²) in [6.07, 6.45) is 1.60. The van der Waals surface area contributed by atoms with E-state index >= 15 is 0 Å². The van der Waals surface area contributed by atoms with Crippen molar-refractivity contribution in [1.29, 1.82) is 5.26 Å². The third kappa shape index (κ3) is 2.51. The second kappa shape index (κ2) is 5.41. The van der Waals surface area contributed by atoms with E-state index in [0.717, 1.165) is 11.3 Å². The average Bonchev–Trinajstić information content (AvgIpc) is 2.59. The molecule has 0 aliphatic carbocycles. The highest BCUT2D eigenvalue weighted by molar-refractivity contribution is 7.12. The Bertz CT molecular complexity index is 387. The molecule has 0 fully saturated rings. The standard InChI is InChI=1S/C10H9Cl2NS/c1-2-3-7(6-13)9(12)10-8(11)4-5-14-10/h4-5H,2-3H2,1H3/b9-7-. The Kier molecular flexibility index (Phi) is 4.47. The van der Waals surface area contributed by atoms with Gasteiger partial charge in [-0.15, -0.1) is 11.3 Å². The maximum absolute atomic E-state index is 8.89. The molecule has 14 heavy (non-hydrogen) atoms. The van der Waals surface area contributed by atoms with E-state index in [4.69, 9.17) is 28.5 Å². The van der Waals surface area contributed by atoms with Crippen LogP contribution in [0, 0.1) is 11.3 Å². The van der Waals surface area contributed by atoms with Crippen LogP contribution in [0.3, 0.4) is 0 Å². The maximum Gasteiger partial charge on any atom is 0.0963 e. The third-order valence-electron chi connectivity index (χ3n) is 1.72. The highest BCUT2D eigenvalue weighted by Gasteiger charge is 2.10. The first-order valence-electron chi connectivity index (χ1n) is 4.22. The molecule has 0 bridgehead atoms. The van der Waals surface area contributed by atoms with Gasteiger partial charge in [0.2, 0.25) is 0 Å². The minimum Gasteiger partial charge on any atom is -0.193 e. The molecule has 74 valence electrons. The Labute approximate surface area is 97.6 Å². The largest absolute Gasteiger partial charge is 0.193 e. The predicted molar refractivity (Wildman–Crippen MR) is 62.6 cm³/mol. The van der Waals surface area contributed by atoms with E-state index in [1.807, 2.05) is 12.3 Å². The zero-order valence-corrected chi connectivity index (χ0v) is 10.0. The van der Waals surface area contributed by atoms with E-state index in [9.17, 15) is 0 Å². The summed E-state index contributed by atoms with van der Waals surface area (Å²) in [5.74, 6) is 0. The summed E-state index contributed by atoms with van der Waals surface area (Å²) in [5.41, 5.74) is 0.610. The third-order valence-corrected chi connectivity index (χ3v) is 3.60. The first-order valence-corrected chi connectivity index (χ1v) is 5.86. The summed E-state index contributed by atoms with van der Waals surface area (Å²) in [5, 5.41) is 11.9. The Balaban J connectivity index is 3.09. The van der Waals surface area contributed by atoms with Gasteiger partial charge < -0.3 is 0 Å². The van der Waals surface area contributed by atoms with Crippen LogP contribution < -0.4 is 0 Å². The lowest BCUT2D eigenvalue weighted by atomic mass is 10.1. The molecule has 0 unspecified atom stereocenters. The molecule has 0 atom stereocenters. The smallest absolute Gasteiger partial charge is 0.0963 e. The highest BCUT2D eigenvalue weighted by Crippen LogP contribution is 2.34. The fourth-order valence-corrected chi connectivity index (χ4v) is 2.59. The lowest BCUT2D eigenvalue weighted by molar-refractivity contribution is 0.933. The molecule has 0 radical (unpaired) electrons. The monoisotopic (exact) mass is 245 g/mol. The first-order chi connectivity index (χ1) is 6.70. The van der Waals surface area contributed by atoms with E-state index in [1.54, 1.807) is 6.07 Å². The molecule has 1 aromatic rings. The molecule has 0 saturated heterocycles. The van der Waals surface area contributed by atoms with Crippen LogP contribution in [-0.2, 0) is 0 Å². The van der Waals surface area contributed by atoms with Gasteiger partial charge in [0.25, 0.3) is 0 Å². The number of nitriles is 1. The van der Waals surface area contributed by atoms with Crippen LogP contribution >= 0.6 is 34.5 Å². The highest BCUT2D eigenvalue weighted by atomic mass is 35.5. The molecule has 0 amide bonds. The molecule has 0 spiro atoms. The number of rotatable bonds is 3. The molecule has 1 rings (SSSR count). The van der Waals surface area contributed by atoms with Crippen molar-refractivity contribution in [2.45, 2.75) is 19.8 Å². The zero-order valence-electron chi connectivity index (χ0n) is 7.68. The van der Waals surface area contributed by atoms with Crippen molar-refractivity contribution >= 4 is 39.6 Å². The maximum atomic E-state index is 8.89. The molecule has 1 nitrogen and oxygen atoms in total. The molecule has 0 aliphatic rings. The fraction of sp³-hybridized carbons (Fsp3) is 0.300. The predicted octanol–water partition coefficient (Wildman–Crippen LogP) is 4.68. The normalized spacial score (nSPS) is 12.1. The van der Waals surface area contributed by atoms with Gasteiger partial charge >= 0.3 is 0 Å². The van der Waals surface area contributed by atoms with Crippen molar-refractivity contribution < 1.29 is 0 Å². The molecule has 4 heteroatoms. The number of allylic oxidation sites excluding steroid dienone is 1. The van der Waals surface area contributed by atoms with Gasteiger partial charge in [-0.1, -0.05) is 36.5 Å². The summed E-state index contributed by atoms with van der Waals surface area (Å²) in [6, 6.07) is 3.90. The van der Waals surface area contributed by atoms with Crippen molar-refractivity contribution in [2.24, 2.45) is 0 Å². The van der Waals surface area contributed by atoms with Crippen molar-refractivity contribution in [2.75, 3.05) is 0 Å². The van der Waals surface area contributed by atoms with Crippen molar-refractivity contribution in [3.8, 4) is 6.07 Å². The lowest BCUT2D eigenvalue weighted by Crippen LogP contribution is -1.82. The van der Waals surface area contributed by atoms with Gasteiger partial charge in [0.05, 0.1) is 21.0 Å². The van der Waals surface area contributed by atoms with Crippen LogP contribution in [0.4, 0.5) is 0 Å². The SMILES string of the molecule is CCC/C(C#N)=C(/Cl)c1sccc1Cl. The molecule has 0 N–H and O–H groups in total. The van der Waals surface area contributed by atoms with Crippen molar-refractivity contribution in [1.82, 2.24) is 0 Å². The van der Waals surface area contributed by atoms with Crippen molar-refractivity contribution in [3.63, 3.8) is 0 Å². The number of hydrogen-bond donors (Lipinski definition) is 0. The van der Waals surface area contributed by atoms with Crippen LogP contribution in [-0.4, -0.2) is 0 Å². The summed E-state index contributed by atoms with van der Waals surface area (Å²) in [6.45, 7) is 2.01. The molecule has 0 saturated carbocycles. The molecule has 0 aromatic carbocycles. The first kappa shape index (κ1) is 11.6. The summed E-state index contributed by atoms with van der Waals surface area (Å²) in [4.78, 5) is 0.790. The Hall–Kier alpha value is -0.490. The van der Waals surface area contributed by atoms with Gasteiger partial charge in [0.1, 0.15) is 0 Å². The molecule has 1 heterocycles. The van der Waals surface area contributed by atoms with Gasteiger partial charge in [-0.05, 0) is 17.9 Å². The van der Waals surface area contributed by atoms with Crippen LogP contribution in [0.5, 0.6) is 0 Å². The molecule has 1 aromatic heterocycles. The molecular weight excluding hydrogens is 237 g/mol. The Morgan fingerprint density at radius 1 is 1.64 bits per heavy atom. The minimum absolute atomic E-state index is 0.495. The second-order valence-corrected chi connectivity index (χ2v) is 4.45. The number of hydrogen-bond acceptors (Lipinski definition) is 2. The fourth-order valence-electron chi connectivity index (χ4n) is 1.05. The van der Waals surface area contributed by atoms with Gasteiger partial charge in [0, 0.05) is 5.57 Å². The van der Waals surface area contributed by atoms with Gasteiger partial charge in [-0.2, -0.15) is 5.26 Å². The van der Waals surface area contributed by atoms with Crippen LogP contribution in [0.15, 0.2) is 17.0 Å². The number of halogens is 2. The van der Waals surface area contributed by atoms with Gasteiger partial charge in [-0.25, -0.2) is 0 Å². The topological polar surface area (TPSA) is 23.8 Å². The van der Waals surface area contributed by atoms with E-state index in [-0.39, 0.29) is 0 Å². The van der Waals surface area contributed by atoms with Crippen LogP contribution in [0.2, 0.25) is 5.02 Å². The quantitative estimate of drug-likeness (QED) is 0.710. The van der Waals surface area contributed by atoms with Gasteiger partial charge in [-0.3, -0.25) is 0 Å². The summed E-state index contributed by atoms with van der Waals surface area (Å²) >= 11 is 13.5. The van der Waals surface area contributed by atoms with E-state index < -0.39 is 0 Å². The lowest BCUT2D eigenvalue weighted by Gasteiger charge is -2.00. The summed E-state index contributed by atoms with van der Waals surface area (Å²) in [7, 11) is 0.